The van der Waals surface area contributed by atoms with Crippen molar-refractivity contribution in [2.24, 2.45) is 5.92 Å². The first-order valence-corrected chi connectivity index (χ1v) is 5.34. The van der Waals surface area contributed by atoms with Crippen molar-refractivity contribution in [2.45, 2.75) is 39.9 Å². The van der Waals surface area contributed by atoms with Gasteiger partial charge in [0.05, 0.1) is 13.2 Å². The topological polar surface area (TPSA) is 63.0 Å². The van der Waals surface area contributed by atoms with Crippen molar-refractivity contribution in [3.63, 3.8) is 0 Å². The van der Waals surface area contributed by atoms with E-state index in [4.69, 9.17) is 5.11 Å². The Morgan fingerprint density at radius 3 is 2.80 bits per heavy atom. The summed E-state index contributed by atoms with van der Waals surface area (Å²) in [6, 6.07) is 0.0919. The molecule has 2 N–H and O–H groups in total. The van der Waals surface area contributed by atoms with E-state index in [2.05, 4.69) is 29.2 Å². The molecule has 0 aliphatic rings. The molecule has 5 nitrogen and oxygen atoms in total. The Morgan fingerprint density at radius 1 is 1.47 bits per heavy atom. The Balaban J connectivity index is 2.49. The van der Waals surface area contributed by atoms with Crippen molar-refractivity contribution < 1.29 is 5.11 Å². The first-order chi connectivity index (χ1) is 7.13. The lowest BCUT2D eigenvalue weighted by molar-refractivity contribution is 0.249. The molecule has 0 aliphatic carbocycles. The third kappa shape index (κ3) is 3.97. The third-order valence-electron chi connectivity index (χ3n) is 2.12. The lowest BCUT2D eigenvalue weighted by Crippen LogP contribution is -2.30. The fourth-order valence-corrected chi connectivity index (χ4v) is 1.25. The SMILES string of the molecule is CC(C)Cn1ncnc1CNC(C)CO. The summed E-state index contributed by atoms with van der Waals surface area (Å²) in [5.74, 6) is 1.48. The zero-order valence-electron chi connectivity index (χ0n) is 9.64. The Kier molecular flexibility index (Phi) is 4.71. The van der Waals surface area contributed by atoms with Crippen LogP contribution in [0.5, 0.6) is 0 Å². The summed E-state index contributed by atoms with van der Waals surface area (Å²) in [6.07, 6.45) is 1.57. The van der Waals surface area contributed by atoms with Crippen LogP contribution in [0.1, 0.15) is 26.6 Å². The number of nitrogens with zero attached hydrogens (tertiary/aromatic N) is 3. The summed E-state index contributed by atoms with van der Waals surface area (Å²) in [5.41, 5.74) is 0. The Morgan fingerprint density at radius 2 is 2.20 bits per heavy atom. The first kappa shape index (κ1) is 12.1. The van der Waals surface area contributed by atoms with E-state index in [9.17, 15) is 0 Å². The summed E-state index contributed by atoms with van der Waals surface area (Å²) in [4.78, 5) is 4.18. The van der Waals surface area contributed by atoms with E-state index in [1.54, 1.807) is 6.33 Å². The monoisotopic (exact) mass is 212 g/mol. The standard InChI is InChI=1S/C10H20N4O/c1-8(2)5-14-10(12-7-13-14)4-11-9(3)6-15/h7-9,11,15H,4-6H2,1-3H3. The van der Waals surface area contributed by atoms with Crippen LogP contribution < -0.4 is 5.32 Å². The fraction of sp³-hybridized carbons (Fsp3) is 0.800. The molecule has 0 aromatic carbocycles. The highest BCUT2D eigenvalue weighted by molar-refractivity contribution is 4.84. The van der Waals surface area contributed by atoms with Gasteiger partial charge in [0.2, 0.25) is 0 Å². The highest BCUT2D eigenvalue weighted by Gasteiger charge is 2.07. The Hall–Kier alpha value is -0.940. The van der Waals surface area contributed by atoms with Gasteiger partial charge in [0.25, 0.3) is 0 Å². The molecular weight excluding hydrogens is 192 g/mol. The minimum Gasteiger partial charge on any atom is -0.395 e. The van der Waals surface area contributed by atoms with Gasteiger partial charge in [-0.2, -0.15) is 5.10 Å². The average molecular weight is 212 g/mol. The number of hydrogen-bond donors (Lipinski definition) is 2. The van der Waals surface area contributed by atoms with E-state index in [1.807, 2.05) is 11.6 Å². The van der Waals surface area contributed by atoms with Crippen LogP contribution >= 0.6 is 0 Å². The minimum atomic E-state index is 0.0919. The normalized spacial score (nSPS) is 13.4. The van der Waals surface area contributed by atoms with Gasteiger partial charge in [-0.05, 0) is 12.8 Å². The van der Waals surface area contributed by atoms with Crippen molar-refractivity contribution in [1.29, 1.82) is 0 Å². The van der Waals surface area contributed by atoms with Crippen LogP contribution in [0.15, 0.2) is 6.33 Å². The fourth-order valence-electron chi connectivity index (χ4n) is 1.25. The largest absolute Gasteiger partial charge is 0.395 e. The van der Waals surface area contributed by atoms with E-state index >= 15 is 0 Å². The molecule has 1 rings (SSSR count). The lowest BCUT2D eigenvalue weighted by Gasteiger charge is -2.12. The molecule has 0 spiro atoms. The van der Waals surface area contributed by atoms with E-state index in [1.165, 1.54) is 0 Å². The number of hydrogen-bond acceptors (Lipinski definition) is 4. The summed E-state index contributed by atoms with van der Waals surface area (Å²) in [5, 5.41) is 16.2. The summed E-state index contributed by atoms with van der Waals surface area (Å²) >= 11 is 0. The maximum atomic E-state index is 8.87. The molecule has 0 saturated carbocycles. The summed E-state index contributed by atoms with van der Waals surface area (Å²) in [7, 11) is 0. The van der Waals surface area contributed by atoms with Crippen LogP contribution in [-0.4, -0.2) is 32.5 Å². The molecule has 86 valence electrons. The molecule has 15 heavy (non-hydrogen) atoms. The number of nitrogens with one attached hydrogen (secondary N) is 1. The van der Waals surface area contributed by atoms with Crippen LogP contribution in [0, 0.1) is 5.92 Å². The predicted molar refractivity (Wildman–Crippen MR) is 58.2 cm³/mol. The van der Waals surface area contributed by atoms with E-state index < -0.39 is 0 Å². The third-order valence-corrected chi connectivity index (χ3v) is 2.12. The van der Waals surface area contributed by atoms with Crippen LogP contribution in [0.4, 0.5) is 0 Å². The van der Waals surface area contributed by atoms with Crippen LogP contribution in [0.25, 0.3) is 0 Å². The molecule has 0 amide bonds. The second-order valence-corrected chi connectivity index (χ2v) is 4.22. The van der Waals surface area contributed by atoms with Gasteiger partial charge in [0.1, 0.15) is 12.2 Å². The lowest BCUT2D eigenvalue weighted by atomic mass is 10.2. The van der Waals surface area contributed by atoms with Crippen LogP contribution in [0.2, 0.25) is 0 Å². The van der Waals surface area contributed by atoms with E-state index in [-0.39, 0.29) is 12.6 Å². The Bertz CT molecular complexity index is 285. The predicted octanol–water partition coefficient (Wildman–Crippen LogP) is 0.405. The van der Waals surface area contributed by atoms with Crippen molar-refractivity contribution >= 4 is 0 Å². The quantitative estimate of drug-likeness (QED) is 0.716. The molecule has 0 fully saturated rings. The average Bonchev–Trinajstić information content (AvgIpc) is 2.61. The molecule has 0 bridgehead atoms. The first-order valence-electron chi connectivity index (χ1n) is 5.34. The van der Waals surface area contributed by atoms with Gasteiger partial charge >= 0.3 is 0 Å². The van der Waals surface area contributed by atoms with Gasteiger partial charge < -0.3 is 10.4 Å². The Labute approximate surface area is 90.5 Å². The molecule has 5 heteroatoms. The zero-order valence-corrected chi connectivity index (χ0v) is 9.64. The molecule has 1 heterocycles. The molecule has 1 aromatic heterocycles. The molecule has 1 aromatic rings. The highest BCUT2D eigenvalue weighted by Crippen LogP contribution is 2.01. The van der Waals surface area contributed by atoms with Crippen LogP contribution in [-0.2, 0) is 13.1 Å². The second-order valence-electron chi connectivity index (χ2n) is 4.22. The van der Waals surface area contributed by atoms with Gasteiger partial charge in [0.15, 0.2) is 0 Å². The van der Waals surface area contributed by atoms with Gasteiger partial charge in [-0.15, -0.1) is 0 Å². The van der Waals surface area contributed by atoms with Crippen LogP contribution in [0.3, 0.4) is 0 Å². The molecule has 0 radical (unpaired) electrons. The molecule has 0 saturated heterocycles. The van der Waals surface area contributed by atoms with Gasteiger partial charge in [-0.25, -0.2) is 9.67 Å². The minimum absolute atomic E-state index is 0.0919. The molecule has 1 atom stereocenters. The zero-order chi connectivity index (χ0) is 11.3. The van der Waals surface area contributed by atoms with Crippen molar-refractivity contribution in [1.82, 2.24) is 20.1 Å². The van der Waals surface area contributed by atoms with Gasteiger partial charge in [-0.1, -0.05) is 13.8 Å². The van der Waals surface area contributed by atoms with Crippen molar-refractivity contribution in [3.8, 4) is 0 Å². The smallest absolute Gasteiger partial charge is 0.140 e. The van der Waals surface area contributed by atoms with E-state index in [0.29, 0.717) is 12.5 Å². The maximum absolute atomic E-state index is 8.87. The molecule has 1 unspecified atom stereocenters. The van der Waals surface area contributed by atoms with Crippen molar-refractivity contribution in [2.75, 3.05) is 6.61 Å². The maximum Gasteiger partial charge on any atom is 0.140 e. The highest BCUT2D eigenvalue weighted by atomic mass is 16.3. The second kappa shape index (κ2) is 5.82. The number of rotatable bonds is 6. The van der Waals surface area contributed by atoms with Gasteiger partial charge in [-0.3, -0.25) is 0 Å². The molecular formula is C10H20N4O. The van der Waals surface area contributed by atoms with Crippen molar-refractivity contribution in [3.05, 3.63) is 12.2 Å². The van der Waals surface area contributed by atoms with E-state index in [0.717, 1.165) is 12.4 Å². The number of aromatic nitrogens is 3. The molecule has 0 aliphatic heterocycles. The number of aliphatic hydroxyl groups is 1. The summed E-state index contributed by atoms with van der Waals surface area (Å²) in [6.45, 7) is 7.89. The number of aliphatic hydroxyl groups excluding tert-OH is 1. The van der Waals surface area contributed by atoms with Gasteiger partial charge in [0, 0.05) is 12.6 Å². The summed E-state index contributed by atoms with van der Waals surface area (Å²) < 4.78 is 1.90.